The van der Waals surface area contributed by atoms with Gasteiger partial charge in [-0.1, -0.05) is 24.0 Å². The summed E-state index contributed by atoms with van der Waals surface area (Å²) < 4.78 is 17.2. The highest BCUT2D eigenvalue weighted by Crippen LogP contribution is 2.12. The second-order valence-corrected chi connectivity index (χ2v) is 2.84. The van der Waals surface area contributed by atoms with Gasteiger partial charge in [-0.3, -0.25) is 4.79 Å². The molecule has 0 bridgehead atoms. The number of rotatable bonds is 3. The summed E-state index contributed by atoms with van der Waals surface area (Å²) in [6, 6.07) is 5.17. The van der Waals surface area contributed by atoms with Gasteiger partial charge >= 0.3 is 5.97 Å². The van der Waals surface area contributed by atoms with Crippen molar-refractivity contribution in [1.29, 1.82) is 0 Å². The molecule has 0 N–H and O–H groups in total. The molecule has 0 heterocycles. The summed E-state index contributed by atoms with van der Waals surface area (Å²) >= 11 is 0. The van der Waals surface area contributed by atoms with E-state index in [4.69, 9.17) is 0 Å². The van der Waals surface area contributed by atoms with Crippen molar-refractivity contribution >= 4 is 17.5 Å². The van der Waals surface area contributed by atoms with Gasteiger partial charge in [-0.2, -0.15) is 0 Å². The number of carbonyl (C=O) groups excluding carboxylic acids is 2. The van der Waals surface area contributed by atoms with Crippen molar-refractivity contribution in [3.05, 3.63) is 41.7 Å². The molecule has 0 saturated carbocycles. The first kappa shape index (κ1) is 11.9. The van der Waals surface area contributed by atoms with Crippen LogP contribution in [0, 0.1) is 5.82 Å². The lowest BCUT2D eigenvalue weighted by Crippen LogP contribution is -2.16. The number of hydrogen-bond donors (Lipinski definition) is 0. The number of methoxy groups -OCH3 is 1. The van der Waals surface area contributed by atoms with E-state index in [2.05, 4.69) is 4.74 Å². The second kappa shape index (κ2) is 5.06. The fourth-order valence-electron chi connectivity index (χ4n) is 1.02. The first-order valence-corrected chi connectivity index (χ1v) is 4.32. The minimum absolute atomic E-state index is 0.264. The van der Waals surface area contributed by atoms with E-state index in [-0.39, 0.29) is 5.56 Å². The maximum atomic E-state index is 13.1. The van der Waals surface area contributed by atoms with E-state index in [1.807, 2.05) is 0 Å². The fourth-order valence-corrected chi connectivity index (χ4v) is 1.02. The Balaban J connectivity index is 2.99. The Morgan fingerprint density at radius 1 is 1.38 bits per heavy atom. The maximum Gasteiger partial charge on any atom is 0.378 e. The number of hydrogen-bond acceptors (Lipinski definition) is 4. The van der Waals surface area contributed by atoms with Crippen LogP contribution in [0.3, 0.4) is 0 Å². The molecule has 16 heavy (non-hydrogen) atoms. The lowest BCUT2D eigenvalue weighted by molar-refractivity contribution is -0.244. The topological polar surface area (TPSA) is 66.4 Å². The monoisotopic (exact) mass is 223 g/mol. The summed E-state index contributed by atoms with van der Waals surface area (Å²) in [6.07, 6.45) is 0.504. The highest BCUT2D eigenvalue weighted by molar-refractivity contribution is 6.39. The predicted molar refractivity (Wildman–Crippen MR) is 51.4 cm³/mol. The molecule has 0 radical (unpaired) electrons. The van der Waals surface area contributed by atoms with Gasteiger partial charge in [0.05, 0.1) is 7.11 Å². The molecule has 0 aliphatic rings. The molecule has 0 aromatic heterocycles. The van der Waals surface area contributed by atoms with E-state index in [1.165, 1.54) is 18.2 Å². The first-order valence-electron chi connectivity index (χ1n) is 4.32. The molecule has 0 amide bonds. The Kier molecular flexibility index (Phi) is 3.77. The SMILES string of the molecule is COC(=O)C(=O)C=C([O-])c1ccccc1F. The van der Waals surface area contributed by atoms with Gasteiger partial charge in [-0.25, -0.2) is 9.18 Å². The van der Waals surface area contributed by atoms with Crippen molar-refractivity contribution in [2.24, 2.45) is 0 Å². The Morgan fingerprint density at radius 2 is 2.00 bits per heavy atom. The molecular weight excluding hydrogens is 215 g/mol. The van der Waals surface area contributed by atoms with Crippen molar-refractivity contribution in [1.82, 2.24) is 0 Å². The fraction of sp³-hybridized carbons (Fsp3) is 0.0909. The van der Waals surface area contributed by atoms with Crippen molar-refractivity contribution in [2.75, 3.05) is 7.11 Å². The van der Waals surface area contributed by atoms with Crippen molar-refractivity contribution < 1.29 is 23.8 Å². The van der Waals surface area contributed by atoms with Gasteiger partial charge in [0.15, 0.2) is 0 Å². The van der Waals surface area contributed by atoms with E-state index in [0.717, 1.165) is 13.2 Å². The van der Waals surface area contributed by atoms with Crippen LogP contribution in [0.2, 0.25) is 0 Å². The number of halogens is 1. The van der Waals surface area contributed by atoms with Crippen LogP contribution in [-0.4, -0.2) is 18.9 Å². The first-order chi connectivity index (χ1) is 7.56. The number of esters is 1. The lowest BCUT2D eigenvalue weighted by Gasteiger charge is -2.11. The van der Waals surface area contributed by atoms with Crippen molar-refractivity contribution in [2.45, 2.75) is 0 Å². The molecule has 0 spiro atoms. The second-order valence-electron chi connectivity index (χ2n) is 2.84. The van der Waals surface area contributed by atoms with Gasteiger partial charge in [0, 0.05) is 5.56 Å². The summed E-state index contributed by atoms with van der Waals surface area (Å²) in [6.45, 7) is 0. The Morgan fingerprint density at radius 3 is 2.56 bits per heavy atom. The summed E-state index contributed by atoms with van der Waals surface area (Å²) in [4.78, 5) is 21.7. The van der Waals surface area contributed by atoms with Gasteiger partial charge in [-0.15, -0.1) is 0 Å². The molecule has 1 rings (SSSR count). The zero-order valence-electron chi connectivity index (χ0n) is 8.40. The highest BCUT2D eigenvalue weighted by Gasteiger charge is 2.10. The van der Waals surface area contributed by atoms with Gasteiger partial charge in [0.2, 0.25) is 0 Å². The summed E-state index contributed by atoms with van der Waals surface area (Å²) in [5, 5.41) is 11.4. The van der Waals surface area contributed by atoms with E-state index < -0.39 is 23.3 Å². The minimum Gasteiger partial charge on any atom is -0.872 e. The summed E-state index contributed by atoms with van der Waals surface area (Å²) in [5.41, 5.74) is -0.264. The maximum absolute atomic E-state index is 13.1. The van der Waals surface area contributed by atoms with Gasteiger partial charge in [-0.05, 0) is 12.1 Å². The van der Waals surface area contributed by atoms with Crippen LogP contribution in [0.1, 0.15) is 5.56 Å². The van der Waals surface area contributed by atoms with Crippen LogP contribution in [-0.2, 0) is 14.3 Å². The van der Waals surface area contributed by atoms with E-state index in [9.17, 15) is 19.1 Å². The van der Waals surface area contributed by atoms with Crippen LogP contribution >= 0.6 is 0 Å². The molecule has 0 aliphatic heterocycles. The van der Waals surface area contributed by atoms with Crippen LogP contribution in [0.25, 0.3) is 5.76 Å². The van der Waals surface area contributed by atoms with E-state index in [0.29, 0.717) is 6.08 Å². The average Bonchev–Trinajstić information content (AvgIpc) is 2.28. The van der Waals surface area contributed by atoms with Crippen molar-refractivity contribution in [3.8, 4) is 0 Å². The molecule has 0 fully saturated rings. The van der Waals surface area contributed by atoms with Gasteiger partial charge < -0.3 is 9.84 Å². The number of ketones is 1. The molecule has 84 valence electrons. The minimum atomic E-state index is -1.16. The lowest BCUT2D eigenvalue weighted by atomic mass is 10.1. The van der Waals surface area contributed by atoms with Crippen LogP contribution in [0.5, 0.6) is 0 Å². The summed E-state index contributed by atoms with van der Waals surface area (Å²) in [7, 11) is 1.02. The van der Waals surface area contributed by atoms with E-state index in [1.54, 1.807) is 0 Å². The largest absolute Gasteiger partial charge is 0.872 e. The molecule has 1 aromatic carbocycles. The zero-order chi connectivity index (χ0) is 12.1. The smallest absolute Gasteiger partial charge is 0.378 e. The average molecular weight is 223 g/mol. The third kappa shape index (κ3) is 2.66. The molecule has 0 aliphatic carbocycles. The van der Waals surface area contributed by atoms with Crippen LogP contribution < -0.4 is 5.11 Å². The quantitative estimate of drug-likeness (QED) is 0.319. The third-order valence-corrected chi connectivity index (χ3v) is 1.79. The number of benzene rings is 1. The number of carbonyl (C=O) groups is 2. The molecular formula is C11H8FO4-. The summed E-state index contributed by atoms with van der Waals surface area (Å²) in [5.74, 6) is -3.89. The Bertz CT molecular complexity index is 451. The van der Waals surface area contributed by atoms with Gasteiger partial charge in [0.1, 0.15) is 5.82 Å². The molecule has 4 nitrogen and oxygen atoms in total. The standard InChI is InChI=1S/C11H9FO4/c1-16-11(15)10(14)6-9(13)7-4-2-3-5-8(7)12/h2-6,13H,1H3/p-1. The molecule has 0 atom stereocenters. The molecule has 1 aromatic rings. The molecule has 0 unspecified atom stereocenters. The zero-order valence-corrected chi connectivity index (χ0v) is 8.40. The highest BCUT2D eigenvalue weighted by atomic mass is 19.1. The molecule has 5 heteroatoms. The normalized spacial score (nSPS) is 11.0. The Hall–Kier alpha value is -2.17. The van der Waals surface area contributed by atoms with E-state index >= 15 is 0 Å². The third-order valence-electron chi connectivity index (χ3n) is 1.79. The van der Waals surface area contributed by atoms with Crippen LogP contribution in [0.4, 0.5) is 4.39 Å². The van der Waals surface area contributed by atoms with Crippen molar-refractivity contribution in [3.63, 3.8) is 0 Å². The predicted octanol–water partition coefficient (Wildman–Crippen LogP) is 0.269. The van der Waals surface area contributed by atoms with Gasteiger partial charge in [0.25, 0.3) is 5.78 Å². The number of ether oxygens (including phenoxy) is 1. The Labute approximate surface area is 91.0 Å². The molecule has 0 saturated heterocycles. The van der Waals surface area contributed by atoms with Crippen LogP contribution in [0.15, 0.2) is 30.3 Å².